The molecule has 11 heavy (non-hydrogen) atoms. The van der Waals surface area contributed by atoms with E-state index in [0.717, 1.165) is 26.0 Å². The minimum Gasteiger partial charge on any atom is -0.394 e. The van der Waals surface area contributed by atoms with E-state index in [1.54, 1.807) is 7.11 Å². The summed E-state index contributed by atoms with van der Waals surface area (Å²) in [5.74, 6) is 0. The van der Waals surface area contributed by atoms with Gasteiger partial charge in [0.1, 0.15) is 0 Å². The van der Waals surface area contributed by atoms with Crippen LogP contribution in [0.1, 0.15) is 19.3 Å². The van der Waals surface area contributed by atoms with Gasteiger partial charge in [0.15, 0.2) is 0 Å². The van der Waals surface area contributed by atoms with Crippen LogP contribution in [0.25, 0.3) is 0 Å². The van der Waals surface area contributed by atoms with Crippen molar-refractivity contribution in [2.45, 2.75) is 24.8 Å². The lowest BCUT2D eigenvalue weighted by Crippen LogP contribution is -2.54. The molecule has 0 aromatic heterocycles. The second-order valence-corrected chi connectivity index (χ2v) is 3.21. The van der Waals surface area contributed by atoms with Crippen LogP contribution in [-0.2, 0) is 4.74 Å². The Balaban J connectivity index is 2.11. The number of methoxy groups -OCH3 is 1. The van der Waals surface area contributed by atoms with Crippen LogP contribution in [0.4, 0.5) is 0 Å². The van der Waals surface area contributed by atoms with E-state index in [1.807, 2.05) is 0 Å². The highest BCUT2D eigenvalue weighted by Gasteiger charge is 2.35. The smallest absolute Gasteiger partial charge is 0.0613 e. The third-order valence-corrected chi connectivity index (χ3v) is 2.42. The predicted octanol–water partition coefficient (Wildman–Crippen LogP) is 0.137. The minimum atomic E-state index is 0.0402. The van der Waals surface area contributed by atoms with Gasteiger partial charge in [-0.05, 0) is 19.3 Å². The van der Waals surface area contributed by atoms with Gasteiger partial charge in [-0.3, -0.25) is 0 Å². The van der Waals surface area contributed by atoms with Crippen molar-refractivity contribution in [2.24, 2.45) is 0 Å². The number of hydrogen-bond donors (Lipinski definition) is 2. The summed E-state index contributed by atoms with van der Waals surface area (Å²) in [5, 5.41) is 12.3. The first kappa shape index (κ1) is 8.97. The van der Waals surface area contributed by atoms with E-state index >= 15 is 0 Å². The monoisotopic (exact) mass is 159 g/mol. The molecule has 1 rings (SSSR count). The molecule has 0 bridgehead atoms. The summed E-state index contributed by atoms with van der Waals surface area (Å²) >= 11 is 0. The van der Waals surface area contributed by atoms with E-state index in [0.29, 0.717) is 0 Å². The van der Waals surface area contributed by atoms with Crippen LogP contribution in [0.2, 0.25) is 0 Å². The first-order valence-electron chi connectivity index (χ1n) is 4.18. The molecule has 1 aliphatic carbocycles. The molecule has 0 saturated heterocycles. The zero-order chi connectivity index (χ0) is 8.16. The molecule has 0 spiro atoms. The van der Waals surface area contributed by atoms with Gasteiger partial charge in [0.05, 0.1) is 13.2 Å². The van der Waals surface area contributed by atoms with Gasteiger partial charge in [-0.15, -0.1) is 0 Å². The van der Waals surface area contributed by atoms with Crippen molar-refractivity contribution in [1.29, 1.82) is 0 Å². The summed E-state index contributed by atoms with van der Waals surface area (Å²) in [5.41, 5.74) is 0.0402. The van der Waals surface area contributed by atoms with Crippen LogP contribution in [0.15, 0.2) is 0 Å². The van der Waals surface area contributed by atoms with Gasteiger partial charge in [-0.25, -0.2) is 0 Å². The standard InChI is InChI=1S/C8H17NO2/c1-11-6-5-9-8(7-10)3-2-4-8/h9-10H,2-7H2,1H3. The number of ether oxygens (including phenoxy) is 1. The lowest BCUT2D eigenvalue weighted by Gasteiger charge is -2.41. The highest BCUT2D eigenvalue weighted by Crippen LogP contribution is 2.30. The molecule has 2 N–H and O–H groups in total. The normalized spacial score (nSPS) is 21.3. The average Bonchev–Trinajstić information content (AvgIpc) is 1.95. The lowest BCUT2D eigenvalue weighted by molar-refractivity contribution is 0.0788. The zero-order valence-electron chi connectivity index (χ0n) is 7.10. The maximum absolute atomic E-state index is 9.03. The molecule has 0 atom stereocenters. The SMILES string of the molecule is COCCNC1(CO)CCC1. The number of aliphatic hydroxyl groups is 1. The molecule has 1 fully saturated rings. The average molecular weight is 159 g/mol. The van der Waals surface area contributed by atoms with Gasteiger partial charge in [-0.2, -0.15) is 0 Å². The Labute approximate surface area is 67.7 Å². The van der Waals surface area contributed by atoms with Gasteiger partial charge < -0.3 is 15.2 Å². The predicted molar refractivity (Wildman–Crippen MR) is 43.5 cm³/mol. The summed E-state index contributed by atoms with van der Waals surface area (Å²) < 4.78 is 4.91. The quantitative estimate of drug-likeness (QED) is 0.561. The van der Waals surface area contributed by atoms with E-state index in [9.17, 15) is 0 Å². The molecule has 0 amide bonds. The van der Waals surface area contributed by atoms with Gasteiger partial charge in [0.25, 0.3) is 0 Å². The van der Waals surface area contributed by atoms with Gasteiger partial charge in [0.2, 0.25) is 0 Å². The summed E-state index contributed by atoms with van der Waals surface area (Å²) in [6, 6.07) is 0. The van der Waals surface area contributed by atoms with Crippen LogP contribution in [-0.4, -0.2) is 37.5 Å². The molecule has 66 valence electrons. The molecule has 1 aliphatic rings. The van der Waals surface area contributed by atoms with Crippen molar-refractivity contribution in [3.63, 3.8) is 0 Å². The van der Waals surface area contributed by atoms with Crippen molar-refractivity contribution < 1.29 is 9.84 Å². The molecular formula is C8H17NO2. The number of aliphatic hydroxyl groups excluding tert-OH is 1. The van der Waals surface area contributed by atoms with Crippen molar-refractivity contribution >= 4 is 0 Å². The largest absolute Gasteiger partial charge is 0.394 e. The fourth-order valence-electron chi connectivity index (χ4n) is 1.41. The van der Waals surface area contributed by atoms with E-state index in [1.165, 1.54) is 6.42 Å². The van der Waals surface area contributed by atoms with Crippen molar-refractivity contribution in [1.82, 2.24) is 5.32 Å². The summed E-state index contributed by atoms with van der Waals surface area (Å²) in [7, 11) is 1.69. The first-order valence-corrected chi connectivity index (χ1v) is 4.18. The van der Waals surface area contributed by atoms with E-state index in [4.69, 9.17) is 9.84 Å². The molecular weight excluding hydrogens is 142 g/mol. The van der Waals surface area contributed by atoms with Crippen molar-refractivity contribution in [3.8, 4) is 0 Å². The van der Waals surface area contributed by atoms with Gasteiger partial charge >= 0.3 is 0 Å². The molecule has 3 nitrogen and oxygen atoms in total. The molecule has 0 aromatic rings. The Morgan fingerprint density at radius 1 is 1.55 bits per heavy atom. The van der Waals surface area contributed by atoms with Crippen LogP contribution in [0.3, 0.4) is 0 Å². The fourth-order valence-corrected chi connectivity index (χ4v) is 1.41. The van der Waals surface area contributed by atoms with Crippen LogP contribution in [0.5, 0.6) is 0 Å². The second kappa shape index (κ2) is 4.04. The second-order valence-electron chi connectivity index (χ2n) is 3.21. The van der Waals surface area contributed by atoms with Crippen LogP contribution in [0, 0.1) is 0 Å². The fraction of sp³-hybridized carbons (Fsp3) is 1.00. The van der Waals surface area contributed by atoms with E-state index in [-0.39, 0.29) is 12.1 Å². The number of rotatable bonds is 5. The number of hydrogen-bond acceptors (Lipinski definition) is 3. The Morgan fingerprint density at radius 3 is 2.64 bits per heavy atom. The topological polar surface area (TPSA) is 41.5 Å². The van der Waals surface area contributed by atoms with E-state index < -0.39 is 0 Å². The molecule has 0 aliphatic heterocycles. The zero-order valence-corrected chi connectivity index (χ0v) is 7.10. The molecule has 0 aromatic carbocycles. The Morgan fingerprint density at radius 2 is 2.27 bits per heavy atom. The highest BCUT2D eigenvalue weighted by atomic mass is 16.5. The molecule has 0 unspecified atom stereocenters. The highest BCUT2D eigenvalue weighted by molar-refractivity contribution is 4.95. The molecule has 1 saturated carbocycles. The summed E-state index contributed by atoms with van der Waals surface area (Å²) in [6.07, 6.45) is 3.45. The minimum absolute atomic E-state index is 0.0402. The lowest BCUT2D eigenvalue weighted by atomic mass is 9.77. The molecule has 0 radical (unpaired) electrons. The van der Waals surface area contributed by atoms with Gasteiger partial charge in [0, 0.05) is 19.2 Å². The van der Waals surface area contributed by atoms with Crippen LogP contribution >= 0.6 is 0 Å². The Hall–Kier alpha value is -0.120. The van der Waals surface area contributed by atoms with Crippen LogP contribution < -0.4 is 5.32 Å². The third kappa shape index (κ3) is 2.15. The maximum Gasteiger partial charge on any atom is 0.0613 e. The third-order valence-electron chi connectivity index (χ3n) is 2.42. The summed E-state index contributed by atoms with van der Waals surface area (Å²) in [4.78, 5) is 0. The van der Waals surface area contributed by atoms with Gasteiger partial charge in [-0.1, -0.05) is 0 Å². The van der Waals surface area contributed by atoms with E-state index in [2.05, 4.69) is 5.32 Å². The maximum atomic E-state index is 9.03. The Kier molecular flexibility index (Phi) is 3.30. The summed E-state index contributed by atoms with van der Waals surface area (Å²) in [6.45, 7) is 1.83. The van der Waals surface area contributed by atoms with Crippen molar-refractivity contribution in [3.05, 3.63) is 0 Å². The molecule has 3 heteroatoms. The Bertz CT molecular complexity index is 107. The molecule has 0 heterocycles. The number of nitrogens with one attached hydrogen (secondary N) is 1. The van der Waals surface area contributed by atoms with Crippen molar-refractivity contribution in [2.75, 3.05) is 26.9 Å². The first-order chi connectivity index (χ1) is 5.33.